The van der Waals surface area contributed by atoms with Crippen molar-refractivity contribution in [3.8, 4) is 0 Å². The monoisotopic (exact) mass is 377 g/mol. The first-order valence-electron chi connectivity index (χ1n) is 10.6. The van der Waals surface area contributed by atoms with E-state index < -0.39 is 0 Å². The van der Waals surface area contributed by atoms with Crippen LogP contribution in [0.1, 0.15) is 58.4 Å². The summed E-state index contributed by atoms with van der Waals surface area (Å²) in [6, 6.07) is 1.62. The number of hydrogen-bond acceptors (Lipinski definition) is 2. The molecule has 3 heteroatoms. The van der Waals surface area contributed by atoms with Gasteiger partial charge in [-0.25, -0.2) is 4.39 Å². The highest BCUT2D eigenvalue weighted by molar-refractivity contribution is 5.91. The van der Waals surface area contributed by atoms with E-state index in [9.17, 15) is 9.18 Å². The van der Waals surface area contributed by atoms with E-state index in [0.717, 1.165) is 31.2 Å². The van der Waals surface area contributed by atoms with Gasteiger partial charge in [0.1, 0.15) is 5.82 Å². The van der Waals surface area contributed by atoms with E-state index in [4.69, 9.17) is 0 Å². The molecule has 4 aliphatic rings. The lowest BCUT2D eigenvalue weighted by Gasteiger charge is -2.57. The summed E-state index contributed by atoms with van der Waals surface area (Å²) in [5.41, 5.74) is 5.15. The minimum Gasteiger partial charge on any atom is -0.295 e. The SMILES string of the molecule is CC1CC2C3=CC=C(c4cncc(F)c4)[C@@]3(C)CCC2[C@@]2(C)CCC(=O)C=C12. The Morgan fingerprint density at radius 2 is 1.96 bits per heavy atom. The lowest BCUT2D eigenvalue weighted by atomic mass is 9.46. The van der Waals surface area contributed by atoms with Crippen LogP contribution in [0.3, 0.4) is 0 Å². The molecule has 1 aromatic rings. The first kappa shape index (κ1) is 18.0. The summed E-state index contributed by atoms with van der Waals surface area (Å²) in [5.74, 6) is 1.62. The van der Waals surface area contributed by atoms with Gasteiger partial charge in [-0.15, -0.1) is 0 Å². The van der Waals surface area contributed by atoms with Crippen molar-refractivity contribution in [1.82, 2.24) is 4.98 Å². The van der Waals surface area contributed by atoms with Crippen LogP contribution in [0.2, 0.25) is 0 Å². The first-order chi connectivity index (χ1) is 13.3. The standard InChI is InChI=1S/C25H28FNO/c1-15-10-19-21-5-4-20(16-11-17(26)14-27-13-16)24(21,2)9-7-22(19)25(3)8-6-18(28)12-23(15)25/h4-5,11-15,19,22H,6-10H2,1-3H3/t15?,19?,22?,24-,25-/m1/s1. The van der Waals surface area contributed by atoms with Crippen LogP contribution < -0.4 is 0 Å². The van der Waals surface area contributed by atoms with Gasteiger partial charge in [0.15, 0.2) is 5.78 Å². The highest BCUT2D eigenvalue weighted by Crippen LogP contribution is 2.66. The zero-order chi connectivity index (χ0) is 19.7. The van der Waals surface area contributed by atoms with E-state index in [1.165, 1.54) is 22.9 Å². The fourth-order valence-corrected chi connectivity index (χ4v) is 6.95. The third-order valence-electron chi connectivity index (χ3n) is 8.34. The maximum absolute atomic E-state index is 13.8. The zero-order valence-corrected chi connectivity index (χ0v) is 17.0. The number of fused-ring (bicyclic) bond motifs is 5. The topological polar surface area (TPSA) is 30.0 Å². The molecule has 28 heavy (non-hydrogen) atoms. The molecule has 1 aromatic heterocycles. The number of halogens is 1. The quantitative estimate of drug-likeness (QED) is 0.609. The number of aromatic nitrogens is 1. The highest BCUT2D eigenvalue weighted by Gasteiger charge is 2.56. The zero-order valence-electron chi connectivity index (χ0n) is 17.0. The molecule has 4 aliphatic carbocycles. The van der Waals surface area contributed by atoms with E-state index in [-0.39, 0.29) is 16.6 Å². The van der Waals surface area contributed by atoms with Crippen LogP contribution in [0.25, 0.3) is 5.57 Å². The highest BCUT2D eigenvalue weighted by atomic mass is 19.1. The van der Waals surface area contributed by atoms with Crippen LogP contribution in [0, 0.1) is 34.4 Å². The van der Waals surface area contributed by atoms with Crippen molar-refractivity contribution in [2.45, 2.75) is 52.9 Å². The largest absolute Gasteiger partial charge is 0.295 e. The van der Waals surface area contributed by atoms with Crippen LogP contribution >= 0.6 is 0 Å². The summed E-state index contributed by atoms with van der Waals surface area (Å²) in [4.78, 5) is 16.2. The Bertz CT molecular complexity index is 957. The molecular formula is C25H28FNO. The Labute approximate surface area is 166 Å². The lowest BCUT2D eigenvalue weighted by molar-refractivity contribution is -0.116. The number of rotatable bonds is 1. The van der Waals surface area contributed by atoms with E-state index in [1.54, 1.807) is 12.3 Å². The fourth-order valence-electron chi connectivity index (χ4n) is 6.95. The average molecular weight is 378 g/mol. The van der Waals surface area contributed by atoms with E-state index >= 15 is 0 Å². The molecule has 5 rings (SSSR count). The predicted molar refractivity (Wildman–Crippen MR) is 109 cm³/mol. The van der Waals surface area contributed by atoms with Gasteiger partial charge in [-0.2, -0.15) is 0 Å². The van der Waals surface area contributed by atoms with Gasteiger partial charge < -0.3 is 0 Å². The number of pyridine rings is 1. The number of nitrogens with zero attached hydrogens (tertiary/aromatic N) is 1. The molecule has 0 aliphatic heterocycles. The molecule has 0 N–H and O–H groups in total. The Morgan fingerprint density at radius 3 is 2.75 bits per heavy atom. The molecule has 1 heterocycles. The van der Waals surface area contributed by atoms with Crippen LogP contribution in [0.5, 0.6) is 0 Å². The molecule has 0 aromatic carbocycles. The van der Waals surface area contributed by atoms with Gasteiger partial charge in [0.25, 0.3) is 0 Å². The normalized spacial score (nSPS) is 39.4. The second kappa shape index (κ2) is 5.98. The van der Waals surface area contributed by atoms with Gasteiger partial charge in [0, 0.05) is 18.0 Å². The van der Waals surface area contributed by atoms with Gasteiger partial charge in [0.05, 0.1) is 6.20 Å². The van der Waals surface area contributed by atoms with E-state index in [2.05, 4.69) is 37.9 Å². The molecule has 0 radical (unpaired) electrons. The molecule has 2 fully saturated rings. The van der Waals surface area contributed by atoms with Crippen molar-refractivity contribution < 1.29 is 9.18 Å². The van der Waals surface area contributed by atoms with Crippen LogP contribution in [0.15, 0.2) is 47.8 Å². The number of allylic oxidation sites excluding steroid dienone is 6. The minimum absolute atomic E-state index is 0.0293. The molecule has 3 unspecified atom stereocenters. The summed E-state index contributed by atoms with van der Waals surface area (Å²) in [5, 5.41) is 0. The number of carbonyl (C=O) groups is 1. The number of hydrogen-bond donors (Lipinski definition) is 0. The van der Waals surface area contributed by atoms with Crippen molar-refractivity contribution in [2.24, 2.45) is 28.6 Å². The van der Waals surface area contributed by atoms with Gasteiger partial charge in [-0.05, 0) is 72.1 Å². The van der Waals surface area contributed by atoms with Crippen molar-refractivity contribution in [3.05, 3.63) is 59.2 Å². The first-order valence-corrected chi connectivity index (χ1v) is 10.6. The second-order valence-electron chi connectivity index (χ2n) is 9.80. The van der Waals surface area contributed by atoms with Gasteiger partial charge in [-0.1, -0.05) is 44.1 Å². The summed E-state index contributed by atoms with van der Waals surface area (Å²) in [7, 11) is 0. The van der Waals surface area contributed by atoms with Gasteiger partial charge >= 0.3 is 0 Å². The maximum atomic E-state index is 13.8. The Kier molecular flexibility index (Phi) is 3.85. The molecular weight excluding hydrogens is 349 g/mol. The maximum Gasteiger partial charge on any atom is 0.155 e. The summed E-state index contributed by atoms with van der Waals surface area (Å²) in [6.45, 7) is 7.04. The van der Waals surface area contributed by atoms with Crippen molar-refractivity contribution in [1.29, 1.82) is 0 Å². The van der Waals surface area contributed by atoms with E-state index in [0.29, 0.717) is 30.0 Å². The van der Waals surface area contributed by atoms with Crippen LogP contribution in [-0.2, 0) is 4.79 Å². The van der Waals surface area contributed by atoms with Crippen molar-refractivity contribution in [2.75, 3.05) is 0 Å². The third kappa shape index (κ3) is 2.38. The fraction of sp³-hybridized carbons (Fsp3) is 0.520. The predicted octanol–water partition coefficient (Wildman–Crippen LogP) is 5.91. The summed E-state index contributed by atoms with van der Waals surface area (Å²) in [6.07, 6.45) is 14.6. The third-order valence-corrected chi connectivity index (χ3v) is 8.34. The molecule has 2 saturated carbocycles. The molecule has 0 spiro atoms. The molecule has 5 atom stereocenters. The lowest BCUT2D eigenvalue weighted by Crippen LogP contribution is -2.49. The average Bonchev–Trinajstić information content (AvgIpc) is 3.01. The Morgan fingerprint density at radius 1 is 1.14 bits per heavy atom. The summed E-state index contributed by atoms with van der Waals surface area (Å²) >= 11 is 0. The number of carbonyl (C=O) groups excluding carboxylic acids is 1. The van der Waals surface area contributed by atoms with Gasteiger partial charge in [0.2, 0.25) is 0 Å². The Hall–Kier alpha value is -2.03. The molecule has 2 nitrogen and oxygen atoms in total. The Balaban J connectivity index is 1.52. The minimum atomic E-state index is -0.274. The second-order valence-corrected chi connectivity index (χ2v) is 9.80. The molecule has 0 saturated heterocycles. The molecule has 0 amide bonds. The smallest absolute Gasteiger partial charge is 0.155 e. The van der Waals surface area contributed by atoms with Crippen LogP contribution in [0.4, 0.5) is 4.39 Å². The summed E-state index contributed by atoms with van der Waals surface area (Å²) < 4.78 is 13.8. The molecule has 0 bridgehead atoms. The van der Waals surface area contributed by atoms with Crippen molar-refractivity contribution in [3.63, 3.8) is 0 Å². The van der Waals surface area contributed by atoms with Gasteiger partial charge in [-0.3, -0.25) is 9.78 Å². The van der Waals surface area contributed by atoms with Crippen LogP contribution in [-0.4, -0.2) is 10.8 Å². The van der Waals surface area contributed by atoms with E-state index in [1.807, 2.05) is 6.08 Å². The molecule has 146 valence electrons. The van der Waals surface area contributed by atoms with Crippen molar-refractivity contribution >= 4 is 11.4 Å². The number of ketones is 1.